The minimum Gasteiger partial charge on any atom is -0.368 e. The van der Waals surface area contributed by atoms with E-state index in [1.165, 1.54) is 10.8 Å². The number of rotatable bonds is 5. The molecule has 3 heteroatoms. The first-order valence-corrected chi connectivity index (χ1v) is 4.65. The third-order valence-corrected chi connectivity index (χ3v) is 1.65. The number of unbranched alkanes of at least 4 members (excludes halogenated alkanes) is 1. The number of ether oxygens (including phenoxy) is 1. The largest absolute Gasteiger partial charge is 0.368 e. The third-order valence-electron chi connectivity index (χ3n) is 0.887. The van der Waals surface area contributed by atoms with Crippen molar-refractivity contribution in [3.8, 4) is 0 Å². The minimum atomic E-state index is -0.598. The molecule has 0 heterocycles. The summed E-state index contributed by atoms with van der Waals surface area (Å²) in [5.74, 6) is 0. The maximum Gasteiger partial charge on any atom is 0.151 e. The topological polar surface area (TPSA) is 29.5 Å². The van der Waals surface area contributed by atoms with Crippen molar-refractivity contribution < 1.29 is 9.84 Å². The predicted octanol–water partition coefficient (Wildman–Crippen LogP) is 1.56. The predicted molar refractivity (Wildman–Crippen MR) is 45.8 cm³/mol. The minimum absolute atomic E-state index is 0.598. The molecule has 0 aromatic carbocycles. The second-order valence-corrected chi connectivity index (χ2v) is 2.94. The number of alkyl halides is 1. The van der Waals surface area contributed by atoms with E-state index in [1.54, 1.807) is 6.92 Å². The Bertz CT molecular complexity index is 57.0. The molecule has 0 aliphatic carbocycles. The van der Waals surface area contributed by atoms with Gasteiger partial charge in [0.05, 0.1) is 0 Å². The van der Waals surface area contributed by atoms with Crippen LogP contribution in [-0.2, 0) is 4.74 Å². The number of hydrogen-bond acceptors (Lipinski definition) is 2. The second kappa shape index (κ2) is 6.77. The summed E-state index contributed by atoms with van der Waals surface area (Å²) in [6.45, 7) is 2.31. The van der Waals surface area contributed by atoms with Gasteiger partial charge < -0.3 is 9.84 Å². The van der Waals surface area contributed by atoms with Gasteiger partial charge in [-0.15, -0.1) is 0 Å². The van der Waals surface area contributed by atoms with E-state index in [9.17, 15) is 0 Å². The molecule has 0 saturated heterocycles. The summed E-state index contributed by atoms with van der Waals surface area (Å²) >= 11 is 2.33. The van der Waals surface area contributed by atoms with Crippen molar-refractivity contribution in [2.45, 2.75) is 26.1 Å². The molecule has 0 aromatic heterocycles. The molecule has 0 radical (unpaired) electrons. The Morgan fingerprint density at radius 2 is 2.22 bits per heavy atom. The van der Waals surface area contributed by atoms with Gasteiger partial charge in [0.25, 0.3) is 0 Å². The fourth-order valence-electron chi connectivity index (χ4n) is 0.450. The Morgan fingerprint density at radius 1 is 1.56 bits per heavy atom. The van der Waals surface area contributed by atoms with Crippen molar-refractivity contribution in [3.05, 3.63) is 0 Å². The van der Waals surface area contributed by atoms with Crippen LogP contribution in [0.25, 0.3) is 0 Å². The molecule has 1 N–H and O–H groups in total. The average Bonchev–Trinajstić information content (AvgIpc) is 1.80. The normalized spacial score (nSPS) is 13.7. The zero-order valence-electron chi connectivity index (χ0n) is 5.64. The van der Waals surface area contributed by atoms with E-state index in [0.29, 0.717) is 6.61 Å². The summed E-state index contributed by atoms with van der Waals surface area (Å²) in [4.78, 5) is 0. The van der Waals surface area contributed by atoms with Crippen LogP contribution in [0.15, 0.2) is 0 Å². The molecule has 1 atom stereocenters. The third kappa shape index (κ3) is 8.65. The summed E-state index contributed by atoms with van der Waals surface area (Å²) < 4.78 is 6.06. The SMILES string of the molecule is CC(O)OCCCCI. The first-order chi connectivity index (χ1) is 4.27. The molecule has 0 aliphatic rings. The van der Waals surface area contributed by atoms with Gasteiger partial charge in [-0.25, -0.2) is 0 Å². The Kier molecular flexibility index (Phi) is 7.25. The molecule has 0 fully saturated rings. The van der Waals surface area contributed by atoms with Crippen molar-refractivity contribution in [2.24, 2.45) is 0 Å². The maximum atomic E-state index is 8.63. The van der Waals surface area contributed by atoms with Crippen LogP contribution in [-0.4, -0.2) is 22.4 Å². The number of aliphatic hydroxyl groups excluding tert-OH is 1. The number of halogens is 1. The lowest BCUT2D eigenvalue weighted by Crippen LogP contribution is -2.07. The van der Waals surface area contributed by atoms with Gasteiger partial charge in [0, 0.05) is 6.61 Å². The lowest BCUT2D eigenvalue weighted by Gasteiger charge is -2.04. The van der Waals surface area contributed by atoms with Crippen LogP contribution in [0, 0.1) is 0 Å². The van der Waals surface area contributed by atoms with Crippen LogP contribution in [0.2, 0.25) is 0 Å². The summed E-state index contributed by atoms with van der Waals surface area (Å²) in [7, 11) is 0. The Balaban J connectivity index is 2.75. The average molecular weight is 244 g/mol. The smallest absolute Gasteiger partial charge is 0.151 e. The van der Waals surface area contributed by atoms with Crippen molar-refractivity contribution >= 4 is 22.6 Å². The molecule has 0 saturated carbocycles. The van der Waals surface area contributed by atoms with E-state index in [4.69, 9.17) is 9.84 Å². The first-order valence-electron chi connectivity index (χ1n) is 3.13. The summed E-state index contributed by atoms with van der Waals surface area (Å²) in [5, 5.41) is 8.63. The van der Waals surface area contributed by atoms with Gasteiger partial charge in [-0.1, -0.05) is 22.6 Å². The van der Waals surface area contributed by atoms with E-state index in [1.807, 2.05) is 0 Å². The maximum absolute atomic E-state index is 8.63. The van der Waals surface area contributed by atoms with Gasteiger partial charge in [-0.05, 0) is 24.2 Å². The quantitative estimate of drug-likeness (QED) is 0.344. The van der Waals surface area contributed by atoms with Gasteiger partial charge in [0.2, 0.25) is 0 Å². The fourth-order valence-corrected chi connectivity index (χ4v) is 0.990. The monoisotopic (exact) mass is 244 g/mol. The molecule has 0 aromatic rings. The van der Waals surface area contributed by atoms with Gasteiger partial charge in [-0.2, -0.15) is 0 Å². The van der Waals surface area contributed by atoms with Gasteiger partial charge in [-0.3, -0.25) is 0 Å². The highest BCUT2D eigenvalue weighted by Crippen LogP contribution is 1.95. The van der Waals surface area contributed by atoms with Crippen molar-refractivity contribution in [2.75, 3.05) is 11.0 Å². The van der Waals surface area contributed by atoms with Crippen LogP contribution in [0.4, 0.5) is 0 Å². The van der Waals surface area contributed by atoms with Crippen LogP contribution >= 0.6 is 22.6 Å². The molecule has 0 rings (SSSR count). The van der Waals surface area contributed by atoms with Crippen LogP contribution < -0.4 is 0 Å². The highest BCUT2D eigenvalue weighted by molar-refractivity contribution is 14.1. The van der Waals surface area contributed by atoms with E-state index in [2.05, 4.69) is 22.6 Å². The van der Waals surface area contributed by atoms with Crippen LogP contribution in [0.1, 0.15) is 19.8 Å². The molecule has 0 aliphatic heterocycles. The molecule has 0 bridgehead atoms. The Labute approximate surface area is 69.7 Å². The van der Waals surface area contributed by atoms with Crippen molar-refractivity contribution in [1.29, 1.82) is 0 Å². The zero-order valence-corrected chi connectivity index (χ0v) is 7.80. The molecule has 1 unspecified atom stereocenters. The summed E-state index contributed by atoms with van der Waals surface area (Å²) in [6, 6.07) is 0. The lowest BCUT2D eigenvalue weighted by molar-refractivity contribution is -0.0855. The highest BCUT2D eigenvalue weighted by Gasteiger charge is 1.92. The first kappa shape index (κ1) is 9.65. The highest BCUT2D eigenvalue weighted by atomic mass is 127. The van der Waals surface area contributed by atoms with Gasteiger partial charge in [0.1, 0.15) is 0 Å². The van der Waals surface area contributed by atoms with Gasteiger partial charge >= 0.3 is 0 Å². The Morgan fingerprint density at radius 3 is 2.67 bits per heavy atom. The fraction of sp³-hybridized carbons (Fsp3) is 1.00. The summed E-state index contributed by atoms with van der Waals surface area (Å²) in [5.41, 5.74) is 0. The molecular weight excluding hydrogens is 231 g/mol. The molecule has 0 spiro atoms. The summed E-state index contributed by atoms with van der Waals surface area (Å²) in [6.07, 6.45) is 1.63. The van der Waals surface area contributed by atoms with E-state index < -0.39 is 6.29 Å². The molecule has 2 nitrogen and oxygen atoms in total. The van der Waals surface area contributed by atoms with Crippen molar-refractivity contribution in [1.82, 2.24) is 0 Å². The molecule has 56 valence electrons. The Hall–Kier alpha value is 0.650. The molecular formula is C6H13IO2. The lowest BCUT2D eigenvalue weighted by atomic mass is 10.4. The van der Waals surface area contributed by atoms with E-state index >= 15 is 0 Å². The van der Waals surface area contributed by atoms with Gasteiger partial charge in [0.15, 0.2) is 6.29 Å². The van der Waals surface area contributed by atoms with E-state index in [0.717, 1.165) is 6.42 Å². The number of hydrogen-bond donors (Lipinski definition) is 1. The molecule has 0 amide bonds. The zero-order chi connectivity index (χ0) is 7.11. The van der Waals surface area contributed by atoms with E-state index in [-0.39, 0.29) is 0 Å². The second-order valence-electron chi connectivity index (χ2n) is 1.87. The standard InChI is InChI=1S/C6H13IO2/c1-6(8)9-5-3-2-4-7/h6,8H,2-5H2,1H3. The van der Waals surface area contributed by atoms with Crippen molar-refractivity contribution in [3.63, 3.8) is 0 Å². The number of aliphatic hydroxyl groups is 1. The van der Waals surface area contributed by atoms with Crippen LogP contribution in [0.5, 0.6) is 0 Å². The molecule has 9 heavy (non-hydrogen) atoms. The van der Waals surface area contributed by atoms with Crippen LogP contribution in [0.3, 0.4) is 0 Å².